The first-order valence-corrected chi connectivity index (χ1v) is 3.93. The van der Waals surface area contributed by atoms with Crippen LogP contribution in [-0.4, -0.2) is 11.3 Å². The zero-order valence-corrected chi connectivity index (χ0v) is 6.82. The van der Waals surface area contributed by atoms with Gasteiger partial charge in [0.2, 0.25) is 0 Å². The van der Waals surface area contributed by atoms with Gasteiger partial charge in [-0.05, 0) is 0 Å². The summed E-state index contributed by atoms with van der Waals surface area (Å²) in [6, 6.07) is 0. The Morgan fingerprint density at radius 3 is 2.80 bits per heavy atom. The van der Waals surface area contributed by atoms with Crippen LogP contribution >= 0.6 is 24.0 Å². The summed E-state index contributed by atoms with van der Waals surface area (Å²) >= 11 is 5.42. The van der Waals surface area contributed by atoms with E-state index in [2.05, 4.69) is 22.9 Å². The average molecular weight is 176 g/mol. The van der Waals surface area contributed by atoms with E-state index in [4.69, 9.17) is 11.5 Å². The van der Waals surface area contributed by atoms with Crippen molar-refractivity contribution in [3.8, 4) is 0 Å². The van der Waals surface area contributed by atoms with Crippen molar-refractivity contribution in [2.24, 2.45) is 11.5 Å². The Morgan fingerprint density at radius 2 is 2.40 bits per heavy atom. The lowest BCUT2D eigenvalue weighted by atomic mass is 10.9. The molecule has 0 saturated heterocycles. The van der Waals surface area contributed by atoms with Crippen molar-refractivity contribution in [1.29, 1.82) is 0 Å². The van der Waals surface area contributed by atoms with Crippen LogP contribution in [0.1, 0.15) is 0 Å². The van der Waals surface area contributed by atoms with E-state index in [9.17, 15) is 0 Å². The molecule has 1 aromatic rings. The van der Waals surface area contributed by atoms with Gasteiger partial charge in [-0.1, -0.05) is 0 Å². The maximum Gasteiger partial charge on any atom is 0.185 e. The van der Waals surface area contributed by atoms with E-state index in [0.29, 0.717) is 10.2 Å². The number of anilines is 1. The van der Waals surface area contributed by atoms with Crippen molar-refractivity contribution < 1.29 is 0 Å². The first-order chi connectivity index (χ1) is 4.68. The topological polar surface area (TPSA) is 77.0 Å². The highest BCUT2D eigenvalue weighted by molar-refractivity contribution is 7.80. The molecular weight excluding hydrogens is 168 g/mol. The largest absolute Gasteiger partial charge is 0.334 e. The molecule has 0 aliphatic heterocycles. The van der Waals surface area contributed by atoms with Crippen molar-refractivity contribution in [2.45, 2.75) is 11.3 Å². The van der Waals surface area contributed by atoms with Crippen molar-refractivity contribution in [3.63, 3.8) is 0 Å². The summed E-state index contributed by atoms with van der Waals surface area (Å²) in [7, 11) is 0. The summed E-state index contributed by atoms with van der Waals surface area (Å²) in [5.41, 5.74) is 10.5. The predicted octanol–water partition coefficient (Wildman–Crippen LogP) is 0.0447. The second-order valence-corrected chi connectivity index (χ2v) is 3.00. The van der Waals surface area contributed by atoms with Gasteiger partial charge in [0, 0.05) is 5.38 Å². The van der Waals surface area contributed by atoms with Crippen molar-refractivity contribution in [1.82, 2.24) is 4.98 Å². The molecule has 0 aliphatic rings. The van der Waals surface area contributed by atoms with Crippen LogP contribution in [0.25, 0.3) is 0 Å². The van der Waals surface area contributed by atoms with Gasteiger partial charge in [-0.25, -0.2) is 4.98 Å². The summed E-state index contributed by atoms with van der Waals surface area (Å²) < 4.78 is 0. The minimum absolute atomic E-state index is 0.557. The molecule has 1 aromatic heterocycles. The summed E-state index contributed by atoms with van der Waals surface area (Å²) in [6.45, 7) is 0. The Morgan fingerprint density at radius 1 is 1.70 bits per heavy atom. The SMILES string of the molecule is NC(N)Nc1nc(S)cs1. The monoisotopic (exact) mass is 176 g/mol. The van der Waals surface area contributed by atoms with E-state index in [1.807, 2.05) is 0 Å². The molecule has 0 aliphatic carbocycles. The molecular formula is C4H8N4S2. The first-order valence-electron chi connectivity index (χ1n) is 2.60. The van der Waals surface area contributed by atoms with E-state index in [-0.39, 0.29) is 0 Å². The van der Waals surface area contributed by atoms with Gasteiger partial charge in [0.1, 0.15) is 11.3 Å². The zero-order chi connectivity index (χ0) is 7.56. The van der Waals surface area contributed by atoms with E-state index in [1.54, 1.807) is 5.38 Å². The fourth-order valence-electron chi connectivity index (χ4n) is 0.474. The van der Waals surface area contributed by atoms with Crippen molar-refractivity contribution in [3.05, 3.63) is 5.38 Å². The van der Waals surface area contributed by atoms with Crippen LogP contribution in [0.5, 0.6) is 0 Å². The maximum atomic E-state index is 5.24. The van der Waals surface area contributed by atoms with Crippen LogP contribution in [0.15, 0.2) is 10.4 Å². The third-order valence-corrected chi connectivity index (χ3v) is 1.96. The molecule has 0 fully saturated rings. The number of rotatable bonds is 2. The highest BCUT2D eigenvalue weighted by Gasteiger charge is 1.98. The van der Waals surface area contributed by atoms with Gasteiger partial charge in [0.15, 0.2) is 5.13 Å². The molecule has 0 amide bonds. The van der Waals surface area contributed by atoms with Gasteiger partial charge in [0.05, 0.1) is 0 Å². The molecule has 0 atom stereocenters. The Bertz CT molecular complexity index is 209. The minimum atomic E-state index is -0.557. The quantitative estimate of drug-likeness (QED) is 0.379. The van der Waals surface area contributed by atoms with Gasteiger partial charge in [-0.15, -0.1) is 24.0 Å². The van der Waals surface area contributed by atoms with Crippen LogP contribution in [0, 0.1) is 0 Å². The Balaban J connectivity index is 2.58. The predicted molar refractivity (Wildman–Crippen MR) is 45.2 cm³/mol. The fraction of sp³-hybridized carbons (Fsp3) is 0.250. The number of nitrogens with one attached hydrogen (secondary N) is 1. The molecule has 4 nitrogen and oxygen atoms in total. The standard InChI is InChI=1S/C4H8N4S2/c5-3(6)8-4-7-2(9)1-10-4/h1,3,9H,5-6H2,(H,7,8). The van der Waals surface area contributed by atoms with Crippen LogP contribution in [0.2, 0.25) is 0 Å². The number of nitrogens with zero attached hydrogens (tertiary/aromatic N) is 1. The van der Waals surface area contributed by atoms with Gasteiger partial charge in [0.25, 0.3) is 0 Å². The lowest BCUT2D eigenvalue weighted by Crippen LogP contribution is -2.38. The smallest absolute Gasteiger partial charge is 0.185 e. The van der Waals surface area contributed by atoms with Crippen LogP contribution < -0.4 is 16.8 Å². The van der Waals surface area contributed by atoms with E-state index in [1.165, 1.54) is 11.3 Å². The normalized spacial score (nSPS) is 10.4. The summed E-state index contributed by atoms with van der Waals surface area (Å²) in [6.07, 6.45) is -0.557. The zero-order valence-electron chi connectivity index (χ0n) is 5.11. The molecule has 0 unspecified atom stereocenters. The fourth-order valence-corrected chi connectivity index (χ4v) is 1.42. The third kappa shape index (κ3) is 2.14. The Hall–Kier alpha value is -0.300. The minimum Gasteiger partial charge on any atom is -0.334 e. The van der Waals surface area contributed by atoms with Crippen LogP contribution in [-0.2, 0) is 0 Å². The molecule has 10 heavy (non-hydrogen) atoms. The second kappa shape index (κ2) is 3.20. The Labute approximate surface area is 68.0 Å². The van der Waals surface area contributed by atoms with Gasteiger partial charge in [-0.2, -0.15) is 0 Å². The maximum absolute atomic E-state index is 5.24. The lowest BCUT2D eigenvalue weighted by Gasteiger charge is -2.04. The van der Waals surface area contributed by atoms with Crippen molar-refractivity contribution in [2.75, 3.05) is 5.32 Å². The molecule has 0 saturated carbocycles. The highest BCUT2D eigenvalue weighted by atomic mass is 32.1. The molecule has 5 N–H and O–H groups in total. The van der Waals surface area contributed by atoms with Crippen molar-refractivity contribution >= 4 is 29.1 Å². The van der Waals surface area contributed by atoms with E-state index < -0.39 is 6.29 Å². The Kier molecular flexibility index (Phi) is 2.50. The van der Waals surface area contributed by atoms with Crippen LogP contribution in [0.4, 0.5) is 5.13 Å². The van der Waals surface area contributed by atoms with Gasteiger partial charge >= 0.3 is 0 Å². The summed E-state index contributed by atoms with van der Waals surface area (Å²) in [4.78, 5) is 3.96. The summed E-state index contributed by atoms with van der Waals surface area (Å²) in [5, 5.41) is 5.91. The molecule has 0 aromatic carbocycles. The second-order valence-electron chi connectivity index (χ2n) is 1.68. The molecule has 0 radical (unpaired) electrons. The molecule has 6 heteroatoms. The van der Waals surface area contributed by atoms with Gasteiger partial charge in [-0.3, -0.25) is 11.5 Å². The highest BCUT2D eigenvalue weighted by Crippen LogP contribution is 2.16. The number of thiol groups is 1. The van der Waals surface area contributed by atoms with Gasteiger partial charge < -0.3 is 5.32 Å². The lowest BCUT2D eigenvalue weighted by molar-refractivity contribution is 0.804. The van der Waals surface area contributed by atoms with E-state index in [0.717, 1.165) is 0 Å². The molecule has 56 valence electrons. The first kappa shape index (κ1) is 7.80. The van der Waals surface area contributed by atoms with Crippen LogP contribution in [0.3, 0.4) is 0 Å². The number of aromatic nitrogens is 1. The number of hydrogen-bond donors (Lipinski definition) is 4. The molecule has 0 bridgehead atoms. The number of nitrogens with two attached hydrogens (primary N) is 2. The summed E-state index contributed by atoms with van der Waals surface area (Å²) in [5.74, 6) is 0. The number of hydrogen-bond acceptors (Lipinski definition) is 6. The molecule has 1 heterocycles. The third-order valence-electron chi connectivity index (χ3n) is 0.782. The van der Waals surface area contributed by atoms with E-state index >= 15 is 0 Å². The molecule has 0 spiro atoms. The number of thiazole rings is 1. The molecule has 1 rings (SSSR count). The average Bonchev–Trinajstić information content (AvgIpc) is 2.13.